The molecule has 202 valence electrons. The molecule has 0 bridgehead atoms. The Morgan fingerprint density at radius 2 is 0.788 bits per heavy atom. The van der Waals surface area contributed by atoms with Gasteiger partial charge in [-0.1, -0.05) is 129 Å². The number of hydrogen-bond donors (Lipinski definition) is 2. The third kappa shape index (κ3) is 30.3. The van der Waals surface area contributed by atoms with Gasteiger partial charge in [0.1, 0.15) is 6.54 Å². The van der Waals surface area contributed by atoms with Crippen LogP contribution in [0.1, 0.15) is 142 Å². The molecule has 0 aliphatic heterocycles. The predicted octanol–water partition coefficient (Wildman–Crippen LogP) is 3.66. The highest BCUT2D eigenvalue weighted by atomic mass is 79.9. The third-order valence-electron chi connectivity index (χ3n) is 6.36. The summed E-state index contributed by atoms with van der Waals surface area (Å²) in [4.78, 5) is 1.20. The fourth-order valence-corrected chi connectivity index (χ4v) is 4.16. The summed E-state index contributed by atoms with van der Waals surface area (Å²) in [7, 11) is 0. The van der Waals surface area contributed by atoms with E-state index in [1.807, 2.05) is 0 Å². The molecular formula is C28H60BrNO3. The third-order valence-corrected chi connectivity index (χ3v) is 6.36. The summed E-state index contributed by atoms with van der Waals surface area (Å²) in [5.41, 5.74) is 0. The molecule has 0 aromatic carbocycles. The Hall–Kier alpha value is 0.320. The van der Waals surface area contributed by atoms with E-state index in [0.29, 0.717) is 20.0 Å². The molecule has 0 amide bonds. The van der Waals surface area contributed by atoms with Gasteiger partial charge in [-0.25, -0.2) is 0 Å². The first-order valence-corrected chi connectivity index (χ1v) is 14.4. The molecule has 0 saturated heterocycles. The van der Waals surface area contributed by atoms with E-state index in [9.17, 15) is 5.11 Å². The molecule has 0 heterocycles. The summed E-state index contributed by atoms with van der Waals surface area (Å²) in [6.45, 7) is 8.42. The van der Waals surface area contributed by atoms with E-state index in [2.05, 4.69) is 13.8 Å². The zero-order valence-electron chi connectivity index (χ0n) is 22.5. The Bertz CT molecular complexity index is 306. The number of nitrogens with one attached hydrogen (secondary N) is 1. The second-order valence-corrected chi connectivity index (χ2v) is 9.69. The lowest BCUT2D eigenvalue weighted by atomic mass is 10.1. The highest BCUT2D eigenvalue weighted by Crippen LogP contribution is 2.11. The number of unbranched alkanes of at least 4 members (excludes halogenated alkanes) is 18. The molecule has 0 atom stereocenters. The number of halogens is 1. The van der Waals surface area contributed by atoms with E-state index >= 15 is 0 Å². The normalized spacial score (nSPS) is 11.3. The number of rotatable bonds is 28. The lowest BCUT2D eigenvalue weighted by molar-refractivity contribution is -0.938. The van der Waals surface area contributed by atoms with Gasteiger partial charge in [0.15, 0.2) is 13.5 Å². The SMILES string of the molecule is CCCCCCCCCCCCOC[NH+](CCO)COCCCCCCCCCCCC.[Br-]. The topological polar surface area (TPSA) is 43.1 Å². The Morgan fingerprint density at radius 3 is 1.09 bits per heavy atom. The Balaban J connectivity index is 0. The molecule has 0 fully saturated rings. The largest absolute Gasteiger partial charge is 1.00 e. The molecule has 33 heavy (non-hydrogen) atoms. The van der Waals surface area contributed by atoms with Gasteiger partial charge in [0, 0.05) is 0 Å². The van der Waals surface area contributed by atoms with Crippen molar-refractivity contribution in [3.63, 3.8) is 0 Å². The smallest absolute Gasteiger partial charge is 0.183 e. The molecule has 0 aromatic rings. The quantitative estimate of drug-likeness (QED) is 0.118. The zero-order chi connectivity index (χ0) is 23.4. The first-order chi connectivity index (χ1) is 15.8. The van der Waals surface area contributed by atoms with Gasteiger partial charge in [-0.3, -0.25) is 4.90 Å². The molecule has 0 aliphatic carbocycles. The fraction of sp³-hybridized carbons (Fsp3) is 1.00. The first kappa shape index (κ1) is 35.5. The number of hydrogen-bond acceptors (Lipinski definition) is 3. The summed E-state index contributed by atoms with van der Waals surface area (Å²) in [5.74, 6) is 0. The van der Waals surface area contributed by atoms with Crippen LogP contribution in [-0.2, 0) is 9.47 Å². The minimum Gasteiger partial charge on any atom is -1.00 e. The maximum absolute atomic E-state index is 9.29. The predicted molar refractivity (Wildman–Crippen MR) is 138 cm³/mol. The number of ether oxygens (including phenoxy) is 2. The van der Waals surface area contributed by atoms with Crippen LogP contribution in [0.25, 0.3) is 0 Å². The maximum Gasteiger partial charge on any atom is 0.183 e. The second kappa shape index (κ2) is 32.3. The van der Waals surface area contributed by atoms with Crippen molar-refractivity contribution in [2.24, 2.45) is 0 Å². The summed E-state index contributed by atoms with van der Waals surface area (Å²) >= 11 is 0. The molecule has 0 spiro atoms. The molecule has 0 aromatic heterocycles. The molecule has 4 nitrogen and oxygen atoms in total. The summed E-state index contributed by atoms with van der Waals surface area (Å²) in [6.07, 6.45) is 27.1. The van der Waals surface area contributed by atoms with Crippen molar-refractivity contribution in [2.45, 2.75) is 142 Å². The highest BCUT2D eigenvalue weighted by Gasteiger charge is 2.07. The van der Waals surface area contributed by atoms with Crippen LogP contribution in [0.4, 0.5) is 0 Å². The number of quaternary nitrogens is 1. The van der Waals surface area contributed by atoms with Gasteiger partial charge in [0.25, 0.3) is 0 Å². The van der Waals surface area contributed by atoms with Crippen LogP contribution in [0, 0.1) is 0 Å². The van der Waals surface area contributed by atoms with Gasteiger partial charge < -0.3 is 31.6 Å². The lowest BCUT2D eigenvalue weighted by Gasteiger charge is -2.18. The van der Waals surface area contributed by atoms with E-state index in [1.54, 1.807) is 0 Å². The van der Waals surface area contributed by atoms with Crippen molar-refractivity contribution >= 4 is 0 Å². The summed E-state index contributed by atoms with van der Waals surface area (Å²) in [6, 6.07) is 0. The summed E-state index contributed by atoms with van der Waals surface area (Å²) < 4.78 is 11.7. The molecule has 0 unspecified atom stereocenters. The van der Waals surface area contributed by atoms with Crippen LogP contribution in [0.5, 0.6) is 0 Å². The van der Waals surface area contributed by atoms with E-state index in [0.717, 1.165) is 26.1 Å². The van der Waals surface area contributed by atoms with Crippen molar-refractivity contribution in [2.75, 3.05) is 39.8 Å². The molecule has 0 rings (SSSR count). The second-order valence-electron chi connectivity index (χ2n) is 9.69. The van der Waals surface area contributed by atoms with E-state index in [-0.39, 0.29) is 23.6 Å². The fourth-order valence-electron chi connectivity index (χ4n) is 4.16. The van der Waals surface area contributed by atoms with Crippen molar-refractivity contribution in [3.8, 4) is 0 Å². The standard InChI is InChI=1S/C28H59NO3.BrH/c1-3-5-7-9-11-13-15-17-19-21-25-31-27-29(23-24-30)28-32-26-22-20-18-16-14-12-10-8-6-4-2;/h30H,3-28H2,1-2H3;1H. The molecule has 5 heteroatoms. The number of aliphatic hydroxyl groups excluding tert-OH is 1. The van der Waals surface area contributed by atoms with Crippen LogP contribution in [0.2, 0.25) is 0 Å². The highest BCUT2D eigenvalue weighted by molar-refractivity contribution is 4.48. The Labute approximate surface area is 218 Å². The number of aliphatic hydroxyl groups is 1. The minimum absolute atomic E-state index is 0. The first-order valence-electron chi connectivity index (χ1n) is 14.4. The van der Waals surface area contributed by atoms with Crippen molar-refractivity contribution in [3.05, 3.63) is 0 Å². The van der Waals surface area contributed by atoms with Gasteiger partial charge in [-0.2, -0.15) is 0 Å². The minimum atomic E-state index is 0. The van der Waals surface area contributed by atoms with Crippen LogP contribution >= 0.6 is 0 Å². The molecule has 2 N–H and O–H groups in total. The van der Waals surface area contributed by atoms with Crippen molar-refractivity contribution in [1.29, 1.82) is 0 Å². The van der Waals surface area contributed by atoms with Crippen molar-refractivity contribution < 1.29 is 36.5 Å². The van der Waals surface area contributed by atoms with Crippen LogP contribution in [-0.4, -0.2) is 44.9 Å². The maximum atomic E-state index is 9.29. The van der Waals surface area contributed by atoms with E-state index in [1.165, 1.54) is 120 Å². The van der Waals surface area contributed by atoms with Crippen LogP contribution < -0.4 is 21.9 Å². The van der Waals surface area contributed by atoms with Gasteiger partial charge >= 0.3 is 0 Å². The monoisotopic (exact) mass is 537 g/mol. The average Bonchev–Trinajstić information content (AvgIpc) is 2.80. The van der Waals surface area contributed by atoms with Crippen LogP contribution in [0.3, 0.4) is 0 Å². The molecular weight excluding hydrogens is 478 g/mol. The lowest BCUT2D eigenvalue weighted by Crippen LogP contribution is -3.13. The van der Waals surface area contributed by atoms with E-state index < -0.39 is 0 Å². The van der Waals surface area contributed by atoms with Gasteiger partial charge in [-0.15, -0.1) is 0 Å². The van der Waals surface area contributed by atoms with Crippen LogP contribution in [0.15, 0.2) is 0 Å². The average molecular weight is 539 g/mol. The molecule has 0 radical (unpaired) electrons. The summed E-state index contributed by atoms with van der Waals surface area (Å²) in [5, 5.41) is 9.29. The molecule has 0 aliphatic rings. The van der Waals surface area contributed by atoms with Gasteiger partial charge in [0.05, 0.1) is 19.8 Å². The Kier molecular flexibility index (Phi) is 34.8. The molecule has 0 saturated carbocycles. The van der Waals surface area contributed by atoms with Gasteiger partial charge in [-0.05, 0) is 12.8 Å². The van der Waals surface area contributed by atoms with E-state index in [4.69, 9.17) is 9.47 Å². The van der Waals surface area contributed by atoms with Crippen molar-refractivity contribution in [1.82, 2.24) is 0 Å². The van der Waals surface area contributed by atoms with Gasteiger partial charge in [0.2, 0.25) is 0 Å². The zero-order valence-corrected chi connectivity index (χ0v) is 24.1. The Morgan fingerprint density at radius 1 is 0.485 bits per heavy atom.